The second kappa shape index (κ2) is 15.2. The first-order valence-corrected chi connectivity index (χ1v) is 20.6. The highest BCUT2D eigenvalue weighted by Gasteiger charge is 2.38. The van der Waals surface area contributed by atoms with Crippen LogP contribution in [-0.4, -0.2) is 79.9 Å². The number of aromatic amines is 2. The zero-order valence-corrected chi connectivity index (χ0v) is 34.0. The molecule has 2 aliphatic rings. The van der Waals surface area contributed by atoms with Gasteiger partial charge >= 0.3 is 6.09 Å². The second-order valence-electron chi connectivity index (χ2n) is 16.7. The summed E-state index contributed by atoms with van der Waals surface area (Å²) in [6.45, 7) is 9.05. The summed E-state index contributed by atoms with van der Waals surface area (Å²) in [6, 6.07) is 19.6. The van der Waals surface area contributed by atoms with Crippen LogP contribution in [0.2, 0.25) is 0 Å². The number of amides is 3. The molecule has 59 heavy (non-hydrogen) atoms. The van der Waals surface area contributed by atoms with Gasteiger partial charge in [0.2, 0.25) is 11.8 Å². The molecular weight excluding hydrogens is 745 g/mol. The van der Waals surface area contributed by atoms with Crippen LogP contribution in [0.3, 0.4) is 0 Å². The minimum Gasteiger partial charge on any atom is -0.456 e. The summed E-state index contributed by atoms with van der Waals surface area (Å²) >= 11 is 0. The lowest BCUT2D eigenvalue weighted by molar-refractivity contribution is -0.136. The quantitative estimate of drug-likeness (QED) is 0.107. The van der Waals surface area contributed by atoms with Gasteiger partial charge in [-0.15, -0.1) is 0 Å². The number of nitrogens with zero attached hydrogens (tertiary/aromatic N) is 4. The van der Waals surface area contributed by atoms with Gasteiger partial charge < -0.3 is 40.0 Å². The molecular formula is C46H50N8O5. The highest BCUT2D eigenvalue weighted by molar-refractivity contribution is 6.19. The molecule has 2 bridgehead atoms. The number of H-pyrrole nitrogens is 2. The molecule has 6 heterocycles. The first kappa shape index (κ1) is 38.3. The summed E-state index contributed by atoms with van der Waals surface area (Å²) < 4.78 is 11.1. The van der Waals surface area contributed by atoms with Gasteiger partial charge in [-0.25, -0.2) is 14.8 Å². The normalized spacial score (nSPS) is 18.2. The van der Waals surface area contributed by atoms with E-state index in [1.54, 1.807) is 0 Å². The third-order valence-electron chi connectivity index (χ3n) is 12.3. The molecule has 3 amide bonds. The first-order chi connectivity index (χ1) is 28.5. The van der Waals surface area contributed by atoms with Crippen molar-refractivity contribution in [2.45, 2.75) is 77.5 Å². The maximum atomic E-state index is 13.6. The number of rotatable bonds is 10. The predicted molar refractivity (Wildman–Crippen MR) is 227 cm³/mol. The highest BCUT2D eigenvalue weighted by Crippen LogP contribution is 2.44. The van der Waals surface area contributed by atoms with Crippen molar-refractivity contribution in [1.29, 1.82) is 0 Å². The van der Waals surface area contributed by atoms with Crippen molar-refractivity contribution >= 4 is 50.6 Å². The molecule has 4 unspecified atom stereocenters. The lowest BCUT2D eigenvalue weighted by Gasteiger charge is -2.30. The Kier molecular flexibility index (Phi) is 9.86. The molecule has 0 aliphatic carbocycles. The van der Waals surface area contributed by atoms with Gasteiger partial charge in [-0.2, -0.15) is 0 Å². The maximum Gasteiger partial charge on any atom is 0.407 e. The zero-order chi connectivity index (χ0) is 41.1. The minimum atomic E-state index is -0.690. The SMILES string of the molecule is COC(=O)NC(C(=O)N1CCCC1c1ncc(-c2ccc3cc(-c4ccc(-c5cnc(C6CCCN6C(=O)C(N)C(C)C)[nH]5)c5c6ccc(o6)c45)ccc3c2)[nH]1)C(C)C. The number of nitrogens with two attached hydrogens (primary N) is 1. The van der Waals surface area contributed by atoms with Crippen LogP contribution in [0.1, 0.15) is 77.1 Å². The van der Waals surface area contributed by atoms with Crippen LogP contribution in [0.15, 0.2) is 77.5 Å². The maximum absolute atomic E-state index is 13.6. The summed E-state index contributed by atoms with van der Waals surface area (Å²) in [6.07, 6.45) is 6.45. The smallest absolute Gasteiger partial charge is 0.407 e. The molecule has 13 heteroatoms. The van der Waals surface area contributed by atoms with Crippen molar-refractivity contribution in [3.8, 4) is 33.6 Å². The number of alkyl carbamates (subject to hydrolysis) is 1. The Labute approximate surface area is 342 Å². The minimum absolute atomic E-state index is 0.0237. The third kappa shape index (κ3) is 6.76. The van der Waals surface area contributed by atoms with E-state index in [9.17, 15) is 14.4 Å². The van der Waals surface area contributed by atoms with E-state index >= 15 is 0 Å². The molecule has 3 aromatic carbocycles. The number of fused-ring (bicyclic) bond motifs is 6. The van der Waals surface area contributed by atoms with Crippen molar-refractivity contribution in [2.24, 2.45) is 17.6 Å². The van der Waals surface area contributed by atoms with E-state index in [1.165, 1.54) is 7.11 Å². The number of aromatic nitrogens is 4. The van der Waals surface area contributed by atoms with Crippen LogP contribution >= 0.6 is 0 Å². The molecule has 7 aromatic rings. The molecule has 0 radical (unpaired) electrons. The van der Waals surface area contributed by atoms with Crippen LogP contribution in [-0.2, 0) is 14.3 Å². The average Bonchev–Trinajstić information content (AvgIpc) is 4.10. The Morgan fingerprint density at radius 2 is 1.31 bits per heavy atom. The molecule has 2 aliphatic heterocycles. The van der Waals surface area contributed by atoms with Crippen molar-refractivity contribution < 1.29 is 23.5 Å². The van der Waals surface area contributed by atoms with Crippen LogP contribution in [0.4, 0.5) is 4.79 Å². The van der Waals surface area contributed by atoms with Crippen LogP contribution in [0, 0.1) is 11.8 Å². The fourth-order valence-electron chi connectivity index (χ4n) is 9.05. The predicted octanol–water partition coefficient (Wildman–Crippen LogP) is 8.32. The Morgan fingerprint density at radius 3 is 1.93 bits per heavy atom. The Balaban J connectivity index is 0.972. The van der Waals surface area contributed by atoms with E-state index in [4.69, 9.17) is 24.9 Å². The molecule has 5 N–H and O–H groups in total. The van der Waals surface area contributed by atoms with Gasteiger partial charge in [-0.3, -0.25) is 9.59 Å². The van der Waals surface area contributed by atoms with E-state index in [2.05, 4.69) is 63.8 Å². The highest BCUT2D eigenvalue weighted by atomic mass is 16.5. The van der Waals surface area contributed by atoms with Gasteiger partial charge in [-0.1, -0.05) is 64.1 Å². The number of carbonyl (C=O) groups is 3. The van der Waals surface area contributed by atoms with Crippen molar-refractivity contribution in [3.05, 3.63) is 84.7 Å². The van der Waals surface area contributed by atoms with E-state index in [0.29, 0.717) is 13.1 Å². The number of nitrogens with one attached hydrogen (secondary N) is 3. The number of hydrogen-bond donors (Lipinski definition) is 4. The van der Waals surface area contributed by atoms with E-state index < -0.39 is 18.2 Å². The number of ether oxygens (including phenoxy) is 1. The van der Waals surface area contributed by atoms with E-state index in [1.807, 2.05) is 62.0 Å². The number of imidazole rings is 2. The summed E-state index contributed by atoms with van der Waals surface area (Å²) in [7, 11) is 1.30. The summed E-state index contributed by atoms with van der Waals surface area (Å²) in [5, 5.41) is 6.98. The van der Waals surface area contributed by atoms with Crippen molar-refractivity contribution in [3.63, 3.8) is 0 Å². The molecule has 4 atom stereocenters. The molecule has 0 spiro atoms. The first-order valence-electron chi connectivity index (χ1n) is 20.6. The Bertz CT molecular complexity index is 2690. The molecule has 2 fully saturated rings. The Hall–Kier alpha value is -6.21. The van der Waals surface area contributed by atoms with Crippen LogP contribution in [0.5, 0.6) is 0 Å². The van der Waals surface area contributed by atoms with Gasteiger partial charge in [0.1, 0.15) is 28.9 Å². The van der Waals surface area contributed by atoms with Crippen LogP contribution < -0.4 is 11.1 Å². The van der Waals surface area contributed by atoms with E-state index in [-0.39, 0.29) is 35.7 Å². The van der Waals surface area contributed by atoms with Gasteiger partial charge in [0.25, 0.3) is 0 Å². The molecule has 13 nitrogen and oxygen atoms in total. The standard InChI is InChI=1S/C46H50N8O5/c1-24(2)40(47)44(55)53-18-6-8-34(53)43-49-23-33(51-43)31-15-14-30(38-36-16-17-37(59-36)39(31)38)28-12-10-27-21-29(13-11-26(27)20-28)32-22-48-42(50-32)35-9-7-19-54(35)45(56)41(25(3)4)52-46(57)58-5/h10-17,20-25,34-35,40-41H,6-9,18-19,47H2,1-5H3,(H,48,50)(H,49,51)(H,52,57). The number of likely N-dealkylation sites (tertiary alicyclic amines) is 2. The fourth-order valence-corrected chi connectivity index (χ4v) is 9.05. The largest absolute Gasteiger partial charge is 0.456 e. The fraction of sp³-hybridized carbons (Fsp3) is 0.370. The van der Waals surface area contributed by atoms with Gasteiger partial charge in [-0.05, 0) is 83.7 Å². The van der Waals surface area contributed by atoms with Gasteiger partial charge in [0, 0.05) is 35.0 Å². The summed E-state index contributed by atoms with van der Waals surface area (Å²) in [5.74, 6) is 1.30. The number of carbonyl (C=O) groups excluding carboxylic acids is 3. The Morgan fingerprint density at radius 1 is 0.746 bits per heavy atom. The molecule has 0 saturated carbocycles. The molecule has 304 valence electrons. The van der Waals surface area contributed by atoms with E-state index in [0.717, 1.165) is 104 Å². The molecule has 9 rings (SSSR count). The zero-order valence-electron chi connectivity index (χ0n) is 34.0. The van der Waals surface area contributed by atoms with Crippen molar-refractivity contribution in [2.75, 3.05) is 20.2 Å². The number of hydrogen-bond acceptors (Lipinski definition) is 8. The van der Waals surface area contributed by atoms with Gasteiger partial charge in [0.05, 0.1) is 49.0 Å². The number of benzene rings is 4. The lowest BCUT2D eigenvalue weighted by Crippen LogP contribution is -2.51. The molecule has 4 aromatic heterocycles. The lowest BCUT2D eigenvalue weighted by atomic mass is 9.92. The second-order valence-corrected chi connectivity index (χ2v) is 16.7. The van der Waals surface area contributed by atoms with Crippen molar-refractivity contribution in [1.82, 2.24) is 35.1 Å². The average molecular weight is 795 g/mol. The molecule has 2 saturated heterocycles. The summed E-state index contributed by atoms with van der Waals surface area (Å²) in [5.41, 5.74) is 13.8. The third-order valence-corrected chi connectivity index (χ3v) is 12.3. The van der Waals surface area contributed by atoms with Crippen LogP contribution in [0.25, 0.3) is 66.4 Å². The monoisotopic (exact) mass is 794 g/mol. The number of methoxy groups -OCH3 is 1. The topological polar surface area (TPSA) is 175 Å². The number of furan rings is 2. The summed E-state index contributed by atoms with van der Waals surface area (Å²) in [4.78, 5) is 59.2. The van der Waals surface area contributed by atoms with Gasteiger partial charge in [0.15, 0.2) is 0 Å².